The fourth-order valence-electron chi connectivity index (χ4n) is 3.81. The van der Waals surface area contributed by atoms with E-state index in [1.165, 1.54) is 44.9 Å². The highest BCUT2D eigenvalue weighted by Crippen LogP contribution is 2.47. The second-order valence-corrected chi connectivity index (χ2v) is 6.56. The van der Waals surface area contributed by atoms with E-state index in [2.05, 4.69) is 5.32 Å². The van der Waals surface area contributed by atoms with Crippen LogP contribution in [0.5, 0.6) is 0 Å². The van der Waals surface area contributed by atoms with Crippen molar-refractivity contribution in [1.29, 1.82) is 0 Å². The fourth-order valence-corrected chi connectivity index (χ4v) is 3.81. The predicted molar refractivity (Wildman–Crippen MR) is 87.7 cm³/mol. The lowest BCUT2D eigenvalue weighted by Gasteiger charge is -2.15. The standard InChI is InChI=1S/C19H27NO/c21-19(15-11-7-3-1-4-8-12-15)20-18-16-13-9-5-2-6-10-14-17(16)18/h1,3-4,7-8,11-12,16-21H,2,5-6,9-10,13-14H2/b3-1-,4-1?,7-3?,8-4-,11-7-,12-8?,15-11?,15-12+. The minimum absolute atomic E-state index is 0.525. The molecule has 0 saturated heterocycles. The zero-order chi connectivity index (χ0) is 14.5. The molecule has 114 valence electrons. The van der Waals surface area contributed by atoms with E-state index >= 15 is 0 Å². The van der Waals surface area contributed by atoms with Crippen LogP contribution in [-0.2, 0) is 0 Å². The minimum Gasteiger partial charge on any atom is -0.374 e. The van der Waals surface area contributed by atoms with Crippen LogP contribution in [0, 0.1) is 11.8 Å². The van der Waals surface area contributed by atoms with E-state index in [1.807, 2.05) is 42.5 Å². The molecule has 0 bridgehead atoms. The number of fused-ring (bicyclic) bond motifs is 1. The monoisotopic (exact) mass is 285 g/mol. The molecule has 0 amide bonds. The molecule has 0 spiro atoms. The first-order valence-corrected chi connectivity index (χ1v) is 8.52. The van der Waals surface area contributed by atoms with Gasteiger partial charge in [-0.3, -0.25) is 5.32 Å². The summed E-state index contributed by atoms with van der Waals surface area (Å²) in [6, 6.07) is 0.525. The van der Waals surface area contributed by atoms with Gasteiger partial charge in [-0.25, -0.2) is 0 Å². The van der Waals surface area contributed by atoms with E-state index in [4.69, 9.17) is 0 Å². The van der Waals surface area contributed by atoms with E-state index in [0.717, 1.165) is 17.4 Å². The average molecular weight is 285 g/mol. The van der Waals surface area contributed by atoms with Gasteiger partial charge in [0.2, 0.25) is 0 Å². The summed E-state index contributed by atoms with van der Waals surface area (Å²) in [7, 11) is 0. The third-order valence-corrected chi connectivity index (χ3v) is 5.09. The quantitative estimate of drug-likeness (QED) is 0.772. The van der Waals surface area contributed by atoms with E-state index in [9.17, 15) is 5.11 Å². The summed E-state index contributed by atoms with van der Waals surface area (Å²) in [5, 5.41) is 13.9. The van der Waals surface area contributed by atoms with Gasteiger partial charge in [-0.05, 0) is 30.3 Å². The Morgan fingerprint density at radius 2 is 1.48 bits per heavy atom. The van der Waals surface area contributed by atoms with Crippen molar-refractivity contribution in [1.82, 2.24) is 5.32 Å². The molecule has 3 aliphatic carbocycles. The van der Waals surface area contributed by atoms with Crippen LogP contribution >= 0.6 is 0 Å². The van der Waals surface area contributed by atoms with Crippen molar-refractivity contribution in [2.24, 2.45) is 11.8 Å². The molecule has 3 aliphatic rings. The Morgan fingerprint density at radius 1 is 0.857 bits per heavy atom. The molecular formula is C19H27NO. The number of rotatable bonds is 3. The van der Waals surface area contributed by atoms with Crippen molar-refractivity contribution in [3.05, 3.63) is 48.1 Å². The Kier molecular flexibility index (Phi) is 5.10. The molecule has 0 heterocycles. The highest BCUT2D eigenvalue weighted by Gasteiger charge is 2.49. The predicted octanol–water partition coefficient (Wildman–Crippen LogP) is 3.86. The molecule has 3 rings (SSSR count). The minimum atomic E-state index is -0.544. The van der Waals surface area contributed by atoms with E-state index in [1.54, 1.807) is 0 Å². The highest BCUT2D eigenvalue weighted by molar-refractivity contribution is 5.33. The van der Waals surface area contributed by atoms with Crippen LogP contribution < -0.4 is 5.32 Å². The lowest BCUT2D eigenvalue weighted by molar-refractivity contribution is 0.169. The summed E-state index contributed by atoms with van der Waals surface area (Å²) in [6.45, 7) is 0. The lowest BCUT2D eigenvalue weighted by atomic mass is 10.1. The van der Waals surface area contributed by atoms with Crippen LogP contribution in [0.15, 0.2) is 48.1 Å². The third-order valence-electron chi connectivity index (χ3n) is 5.09. The van der Waals surface area contributed by atoms with Crippen molar-refractivity contribution in [3.63, 3.8) is 0 Å². The smallest absolute Gasteiger partial charge is 0.131 e. The topological polar surface area (TPSA) is 32.3 Å². The molecule has 3 atom stereocenters. The normalized spacial score (nSPS) is 40.8. The van der Waals surface area contributed by atoms with Gasteiger partial charge in [0.1, 0.15) is 6.23 Å². The van der Waals surface area contributed by atoms with Gasteiger partial charge in [-0.15, -0.1) is 0 Å². The van der Waals surface area contributed by atoms with Crippen molar-refractivity contribution in [3.8, 4) is 0 Å². The van der Waals surface area contributed by atoms with Gasteiger partial charge in [-0.1, -0.05) is 74.6 Å². The first-order valence-electron chi connectivity index (χ1n) is 8.52. The van der Waals surface area contributed by atoms with Crippen LogP contribution in [0.2, 0.25) is 0 Å². The molecule has 2 N–H and O–H groups in total. The first-order chi connectivity index (χ1) is 10.4. The van der Waals surface area contributed by atoms with Gasteiger partial charge >= 0.3 is 0 Å². The van der Waals surface area contributed by atoms with Crippen molar-refractivity contribution >= 4 is 0 Å². The van der Waals surface area contributed by atoms with Crippen LogP contribution in [0.4, 0.5) is 0 Å². The molecule has 0 aliphatic heterocycles. The summed E-state index contributed by atoms with van der Waals surface area (Å²) < 4.78 is 0. The number of aliphatic hydroxyl groups is 1. The Bertz CT molecular complexity index is 446. The molecule has 21 heavy (non-hydrogen) atoms. The second kappa shape index (κ2) is 7.24. The third kappa shape index (κ3) is 3.96. The van der Waals surface area contributed by atoms with Crippen molar-refractivity contribution in [2.45, 2.75) is 57.2 Å². The highest BCUT2D eigenvalue weighted by atomic mass is 16.3. The summed E-state index contributed by atoms with van der Waals surface area (Å²) in [5.41, 5.74) is 0.951. The molecule has 3 unspecified atom stereocenters. The number of nitrogens with one attached hydrogen (secondary N) is 1. The van der Waals surface area contributed by atoms with Crippen LogP contribution in [-0.4, -0.2) is 17.4 Å². The van der Waals surface area contributed by atoms with Gasteiger partial charge in [0, 0.05) is 6.04 Å². The van der Waals surface area contributed by atoms with E-state index in [0.29, 0.717) is 6.04 Å². The molecule has 2 nitrogen and oxygen atoms in total. The maximum absolute atomic E-state index is 10.5. The van der Waals surface area contributed by atoms with Gasteiger partial charge < -0.3 is 5.11 Å². The van der Waals surface area contributed by atoms with E-state index < -0.39 is 6.23 Å². The van der Waals surface area contributed by atoms with Crippen molar-refractivity contribution in [2.75, 3.05) is 0 Å². The van der Waals surface area contributed by atoms with Crippen LogP contribution in [0.3, 0.4) is 0 Å². The average Bonchev–Trinajstić information content (AvgIpc) is 3.06. The maximum Gasteiger partial charge on any atom is 0.131 e. The molecule has 2 heteroatoms. The molecule has 2 fully saturated rings. The van der Waals surface area contributed by atoms with Gasteiger partial charge in [0.25, 0.3) is 0 Å². The van der Waals surface area contributed by atoms with Gasteiger partial charge in [0.05, 0.1) is 0 Å². The number of hydrogen-bond donors (Lipinski definition) is 2. The number of allylic oxidation sites excluding steroid dienone is 6. The largest absolute Gasteiger partial charge is 0.374 e. The fraction of sp³-hybridized carbons (Fsp3) is 0.579. The van der Waals surface area contributed by atoms with Crippen LogP contribution in [0.25, 0.3) is 0 Å². The number of hydrogen-bond acceptors (Lipinski definition) is 2. The number of aliphatic hydroxyl groups excluding tert-OH is 1. The molecule has 2 saturated carbocycles. The van der Waals surface area contributed by atoms with Gasteiger partial charge in [-0.2, -0.15) is 0 Å². The molecule has 0 aromatic carbocycles. The SMILES string of the molecule is OC(NC1C2CCCCCCCC21)C1=C/C=C\C=C/C=C\1. The molecule has 0 radical (unpaired) electrons. The zero-order valence-electron chi connectivity index (χ0n) is 12.7. The van der Waals surface area contributed by atoms with E-state index in [-0.39, 0.29) is 0 Å². The summed E-state index contributed by atoms with van der Waals surface area (Å²) in [4.78, 5) is 0. The summed E-state index contributed by atoms with van der Waals surface area (Å²) >= 11 is 0. The Morgan fingerprint density at radius 3 is 2.24 bits per heavy atom. The van der Waals surface area contributed by atoms with Gasteiger partial charge in [0.15, 0.2) is 0 Å². The zero-order valence-corrected chi connectivity index (χ0v) is 12.7. The Balaban J connectivity index is 1.56. The Labute approximate surface area is 128 Å². The lowest BCUT2D eigenvalue weighted by Crippen LogP contribution is -2.33. The first kappa shape index (κ1) is 14.8. The Hall–Kier alpha value is -1.12. The van der Waals surface area contributed by atoms with Crippen molar-refractivity contribution < 1.29 is 5.11 Å². The molecular weight excluding hydrogens is 258 g/mol. The summed E-state index contributed by atoms with van der Waals surface area (Å²) in [5.74, 6) is 1.60. The van der Waals surface area contributed by atoms with Crippen LogP contribution in [0.1, 0.15) is 44.9 Å². The maximum atomic E-state index is 10.5. The molecule has 0 aromatic heterocycles. The molecule has 0 aromatic rings. The second-order valence-electron chi connectivity index (χ2n) is 6.56. The summed E-state index contributed by atoms with van der Waals surface area (Å²) in [6.07, 6.45) is 23.0.